The molecule has 19 heavy (non-hydrogen) atoms. The van der Waals surface area contributed by atoms with E-state index in [0.29, 0.717) is 10.6 Å². The third-order valence-corrected chi connectivity index (χ3v) is 3.59. The Kier molecular flexibility index (Phi) is 4.16. The van der Waals surface area contributed by atoms with Gasteiger partial charge in [-0.1, -0.05) is 30.0 Å². The van der Waals surface area contributed by atoms with Crippen LogP contribution in [0.25, 0.3) is 10.9 Å². The Morgan fingerprint density at radius 1 is 1.32 bits per heavy atom. The Morgan fingerprint density at radius 3 is 2.74 bits per heavy atom. The molecule has 0 atom stereocenters. The van der Waals surface area contributed by atoms with Crippen LogP contribution in [0.2, 0.25) is 0 Å². The van der Waals surface area contributed by atoms with Gasteiger partial charge < -0.3 is 4.74 Å². The average molecular weight is 275 g/mol. The van der Waals surface area contributed by atoms with Gasteiger partial charge in [-0.3, -0.25) is 9.59 Å². The molecule has 98 valence electrons. The summed E-state index contributed by atoms with van der Waals surface area (Å²) in [5, 5.41) is 1.48. The zero-order valence-electron chi connectivity index (χ0n) is 10.7. The molecule has 0 amide bonds. The monoisotopic (exact) mass is 275 g/mol. The number of carbonyl (C=O) groups is 2. The summed E-state index contributed by atoms with van der Waals surface area (Å²) in [6.45, 7) is 1.49. The highest BCUT2D eigenvalue weighted by Gasteiger charge is 2.13. The Labute approximate surface area is 115 Å². The Morgan fingerprint density at radius 2 is 2.05 bits per heavy atom. The number of Topliss-reactive ketones (excluding diaryl/α,β-unsaturated/α-hetero) is 1. The molecule has 0 radical (unpaired) electrons. The Bertz CT molecular complexity index is 640. The van der Waals surface area contributed by atoms with Gasteiger partial charge in [0.15, 0.2) is 5.78 Å². The van der Waals surface area contributed by atoms with Crippen molar-refractivity contribution in [3.63, 3.8) is 0 Å². The van der Waals surface area contributed by atoms with Crippen molar-refractivity contribution in [2.75, 3.05) is 12.9 Å². The lowest BCUT2D eigenvalue weighted by atomic mass is 10.1. The summed E-state index contributed by atoms with van der Waals surface area (Å²) in [6, 6.07) is 9.38. The first kappa shape index (κ1) is 13.5. The summed E-state index contributed by atoms with van der Waals surface area (Å²) >= 11 is 1.22. The first-order valence-corrected chi connectivity index (χ1v) is 6.70. The molecule has 1 heterocycles. The SMILES string of the molecule is COC(=O)CSc1nc2ccccc2cc1C(C)=O. The molecule has 0 aliphatic carbocycles. The molecule has 2 rings (SSSR count). The number of esters is 1. The van der Waals surface area contributed by atoms with E-state index >= 15 is 0 Å². The standard InChI is InChI=1S/C14H13NO3S/c1-9(16)11-7-10-5-3-4-6-12(10)15-14(11)19-8-13(17)18-2/h3-7H,8H2,1-2H3. The van der Waals surface area contributed by atoms with E-state index in [1.54, 1.807) is 0 Å². The van der Waals surface area contributed by atoms with Crippen LogP contribution in [0.15, 0.2) is 35.4 Å². The van der Waals surface area contributed by atoms with Gasteiger partial charge in [0.05, 0.1) is 23.9 Å². The number of thioether (sulfide) groups is 1. The lowest BCUT2D eigenvalue weighted by molar-refractivity contribution is -0.137. The van der Waals surface area contributed by atoms with Crippen LogP contribution in [0.4, 0.5) is 0 Å². The van der Waals surface area contributed by atoms with E-state index in [2.05, 4.69) is 9.72 Å². The molecule has 0 unspecified atom stereocenters. The summed E-state index contributed by atoms with van der Waals surface area (Å²) < 4.78 is 4.59. The summed E-state index contributed by atoms with van der Waals surface area (Å²) in [5.41, 5.74) is 1.34. The number of ether oxygens (including phenoxy) is 1. The predicted molar refractivity (Wildman–Crippen MR) is 74.5 cm³/mol. The van der Waals surface area contributed by atoms with Gasteiger partial charge in [0.2, 0.25) is 0 Å². The fourth-order valence-electron chi connectivity index (χ4n) is 1.65. The second-order valence-corrected chi connectivity index (χ2v) is 4.92. The number of rotatable bonds is 4. The lowest BCUT2D eigenvalue weighted by Gasteiger charge is -2.07. The summed E-state index contributed by atoms with van der Waals surface area (Å²) in [5.74, 6) is -0.262. The summed E-state index contributed by atoms with van der Waals surface area (Å²) in [4.78, 5) is 27.3. The van der Waals surface area contributed by atoms with E-state index in [1.165, 1.54) is 25.8 Å². The smallest absolute Gasteiger partial charge is 0.316 e. The van der Waals surface area contributed by atoms with Crippen LogP contribution in [0, 0.1) is 0 Å². The first-order chi connectivity index (χ1) is 9.11. The maximum absolute atomic E-state index is 11.7. The van der Waals surface area contributed by atoms with Gasteiger partial charge in [-0.2, -0.15) is 0 Å². The molecule has 1 aromatic heterocycles. The van der Waals surface area contributed by atoms with Crippen LogP contribution >= 0.6 is 11.8 Å². The molecular weight excluding hydrogens is 262 g/mol. The maximum atomic E-state index is 11.7. The molecular formula is C14H13NO3S. The second-order valence-electron chi connectivity index (χ2n) is 3.95. The van der Waals surface area contributed by atoms with Crippen LogP contribution < -0.4 is 0 Å². The average Bonchev–Trinajstić information content (AvgIpc) is 2.43. The topological polar surface area (TPSA) is 56.3 Å². The zero-order valence-corrected chi connectivity index (χ0v) is 11.5. The van der Waals surface area contributed by atoms with Gasteiger partial charge in [0.25, 0.3) is 0 Å². The van der Waals surface area contributed by atoms with Crippen molar-refractivity contribution in [3.05, 3.63) is 35.9 Å². The van der Waals surface area contributed by atoms with E-state index < -0.39 is 0 Å². The van der Waals surface area contributed by atoms with Crippen LogP contribution in [0.1, 0.15) is 17.3 Å². The quantitative estimate of drug-likeness (QED) is 0.488. The number of methoxy groups -OCH3 is 1. The minimum atomic E-state index is -0.338. The molecule has 0 saturated heterocycles. The third kappa shape index (κ3) is 3.12. The fourth-order valence-corrected chi connectivity index (χ4v) is 2.54. The first-order valence-electron chi connectivity index (χ1n) is 5.72. The minimum absolute atomic E-state index is 0.0642. The molecule has 0 saturated carbocycles. The largest absolute Gasteiger partial charge is 0.468 e. The molecule has 0 bridgehead atoms. The molecule has 0 aliphatic heterocycles. The number of para-hydroxylation sites is 1. The Balaban J connectivity index is 2.42. The van der Waals surface area contributed by atoms with Gasteiger partial charge in [-0.25, -0.2) is 4.98 Å². The van der Waals surface area contributed by atoms with Crippen molar-refractivity contribution in [1.82, 2.24) is 4.98 Å². The van der Waals surface area contributed by atoms with Crippen molar-refractivity contribution in [2.24, 2.45) is 0 Å². The predicted octanol–water partition coefficient (Wildman–Crippen LogP) is 2.70. The molecule has 5 heteroatoms. The number of hydrogen-bond acceptors (Lipinski definition) is 5. The van der Waals surface area contributed by atoms with Crippen molar-refractivity contribution in [3.8, 4) is 0 Å². The van der Waals surface area contributed by atoms with E-state index in [0.717, 1.165) is 10.9 Å². The van der Waals surface area contributed by atoms with Crippen molar-refractivity contribution in [1.29, 1.82) is 0 Å². The van der Waals surface area contributed by atoms with Crippen LogP contribution in [-0.2, 0) is 9.53 Å². The van der Waals surface area contributed by atoms with Gasteiger partial charge in [0, 0.05) is 5.39 Å². The van der Waals surface area contributed by atoms with Crippen molar-refractivity contribution in [2.45, 2.75) is 11.9 Å². The lowest BCUT2D eigenvalue weighted by Crippen LogP contribution is -2.05. The van der Waals surface area contributed by atoms with Gasteiger partial charge >= 0.3 is 5.97 Å². The van der Waals surface area contributed by atoms with Gasteiger partial charge in [-0.05, 0) is 19.1 Å². The number of nitrogens with zero attached hydrogens (tertiary/aromatic N) is 1. The third-order valence-electron chi connectivity index (χ3n) is 2.62. The number of hydrogen-bond donors (Lipinski definition) is 0. The number of aromatic nitrogens is 1. The molecule has 4 nitrogen and oxygen atoms in total. The summed E-state index contributed by atoms with van der Waals surface area (Å²) in [6.07, 6.45) is 0. The maximum Gasteiger partial charge on any atom is 0.316 e. The highest BCUT2D eigenvalue weighted by Crippen LogP contribution is 2.25. The Hall–Kier alpha value is -1.88. The molecule has 0 N–H and O–H groups in total. The normalized spacial score (nSPS) is 10.4. The van der Waals surface area contributed by atoms with E-state index in [-0.39, 0.29) is 17.5 Å². The summed E-state index contributed by atoms with van der Waals surface area (Å²) in [7, 11) is 1.34. The van der Waals surface area contributed by atoms with E-state index in [1.807, 2.05) is 30.3 Å². The fraction of sp³-hybridized carbons (Fsp3) is 0.214. The van der Waals surface area contributed by atoms with Crippen molar-refractivity contribution < 1.29 is 14.3 Å². The molecule has 0 spiro atoms. The minimum Gasteiger partial charge on any atom is -0.468 e. The number of carbonyl (C=O) groups excluding carboxylic acids is 2. The molecule has 0 fully saturated rings. The van der Waals surface area contributed by atoms with E-state index in [9.17, 15) is 9.59 Å². The van der Waals surface area contributed by atoms with Gasteiger partial charge in [0.1, 0.15) is 5.03 Å². The number of benzene rings is 1. The van der Waals surface area contributed by atoms with E-state index in [4.69, 9.17) is 0 Å². The zero-order chi connectivity index (χ0) is 13.8. The molecule has 2 aromatic rings. The molecule has 1 aromatic carbocycles. The number of fused-ring (bicyclic) bond motifs is 1. The van der Waals surface area contributed by atoms with Gasteiger partial charge in [-0.15, -0.1) is 0 Å². The van der Waals surface area contributed by atoms with Crippen LogP contribution in [0.5, 0.6) is 0 Å². The highest BCUT2D eigenvalue weighted by atomic mass is 32.2. The second kappa shape index (κ2) is 5.84. The number of pyridine rings is 1. The van der Waals surface area contributed by atoms with Crippen LogP contribution in [0.3, 0.4) is 0 Å². The highest BCUT2D eigenvalue weighted by molar-refractivity contribution is 8.00. The molecule has 0 aliphatic rings. The van der Waals surface area contributed by atoms with Crippen molar-refractivity contribution >= 4 is 34.4 Å². The number of ketones is 1. The van der Waals surface area contributed by atoms with Crippen LogP contribution in [-0.4, -0.2) is 29.6 Å².